The molecule has 2 saturated heterocycles. The minimum Gasteiger partial charge on any atom is -0.341 e. The van der Waals surface area contributed by atoms with E-state index in [1.54, 1.807) is 11.9 Å². The zero-order valence-corrected chi connectivity index (χ0v) is 16.4. The molecule has 0 radical (unpaired) electrons. The van der Waals surface area contributed by atoms with Gasteiger partial charge in [-0.15, -0.1) is 0 Å². The number of nitrogens with zero attached hydrogens (tertiary/aromatic N) is 2. The zero-order chi connectivity index (χ0) is 20.6. The van der Waals surface area contributed by atoms with Crippen LogP contribution in [0, 0.1) is 5.92 Å². The molecular weight excluding hydrogens is 377 g/mol. The van der Waals surface area contributed by atoms with Gasteiger partial charge in [0.05, 0.1) is 11.5 Å². The minimum absolute atomic E-state index is 0.0674. The van der Waals surface area contributed by atoms with Crippen molar-refractivity contribution < 1.29 is 18.0 Å². The van der Waals surface area contributed by atoms with Crippen LogP contribution in [0.1, 0.15) is 42.0 Å². The Balaban J connectivity index is 1.46. The molecule has 154 valence electrons. The Morgan fingerprint density at radius 2 is 1.79 bits per heavy atom. The summed E-state index contributed by atoms with van der Waals surface area (Å²) in [6.07, 6.45) is -1.43. The molecule has 0 bridgehead atoms. The average molecular weight is 402 g/mol. The number of alkyl halides is 3. The van der Waals surface area contributed by atoms with Gasteiger partial charge in [0, 0.05) is 25.7 Å². The lowest BCUT2D eigenvalue weighted by atomic mass is 9.93. The van der Waals surface area contributed by atoms with Crippen LogP contribution >= 0.6 is 0 Å². The summed E-state index contributed by atoms with van der Waals surface area (Å²) in [5.41, 5.74) is 1.29. The van der Waals surface area contributed by atoms with Gasteiger partial charge in [0.25, 0.3) is 0 Å². The van der Waals surface area contributed by atoms with E-state index in [1.165, 1.54) is 17.7 Å². The number of halogens is 3. The predicted octanol–water partition coefficient (Wildman–Crippen LogP) is 4.89. The lowest BCUT2D eigenvalue weighted by Crippen LogP contribution is -2.38. The molecule has 2 heterocycles. The first-order valence-corrected chi connectivity index (χ1v) is 10.1. The van der Waals surface area contributed by atoms with Crippen molar-refractivity contribution in [1.29, 1.82) is 0 Å². The molecule has 3 nitrogen and oxygen atoms in total. The Morgan fingerprint density at radius 3 is 2.45 bits per heavy atom. The van der Waals surface area contributed by atoms with Gasteiger partial charge in [-0.05, 0) is 49.1 Å². The fraction of sp³-hybridized carbons (Fsp3) is 0.435. The third kappa shape index (κ3) is 4.04. The maximum Gasteiger partial charge on any atom is 0.416 e. The van der Waals surface area contributed by atoms with E-state index >= 15 is 0 Å². The lowest BCUT2D eigenvalue weighted by molar-refractivity contribution is -0.138. The van der Waals surface area contributed by atoms with Crippen molar-refractivity contribution in [2.24, 2.45) is 5.92 Å². The molecule has 0 unspecified atom stereocenters. The quantitative estimate of drug-likeness (QED) is 0.727. The molecule has 2 aromatic rings. The zero-order valence-electron chi connectivity index (χ0n) is 16.4. The van der Waals surface area contributed by atoms with Crippen molar-refractivity contribution in [2.75, 3.05) is 13.6 Å². The first-order chi connectivity index (χ1) is 13.8. The summed E-state index contributed by atoms with van der Waals surface area (Å²) in [4.78, 5) is 17.3. The Morgan fingerprint density at radius 1 is 1.10 bits per heavy atom. The van der Waals surface area contributed by atoms with Gasteiger partial charge in [-0.3, -0.25) is 9.69 Å². The Hall–Kier alpha value is -2.34. The predicted molar refractivity (Wildman–Crippen MR) is 105 cm³/mol. The molecule has 6 heteroatoms. The van der Waals surface area contributed by atoms with Crippen LogP contribution in [0.25, 0.3) is 0 Å². The molecule has 0 saturated carbocycles. The first-order valence-electron chi connectivity index (χ1n) is 10.1. The maximum absolute atomic E-state index is 13.2. The molecular formula is C23H25F3N2O. The third-order valence-corrected chi connectivity index (χ3v) is 6.26. The number of carbonyl (C=O) groups is 1. The monoisotopic (exact) mass is 402 g/mol. The largest absolute Gasteiger partial charge is 0.416 e. The number of hydrogen-bond acceptors (Lipinski definition) is 2. The fourth-order valence-corrected chi connectivity index (χ4v) is 4.87. The topological polar surface area (TPSA) is 23.6 Å². The summed E-state index contributed by atoms with van der Waals surface area (Å²) in [5, 5.41) is 0. The summed E-state index contributed by atoms with van der Waals surface area (Å²) >= 11 is 0. The second-order valence-corrected chi connectivity index (χ2v) is 8.11. The summed E-state index contributed by atoms with van der Waals surface area (Å²) < 4.78 is 38.2. The lowest BCUT2D eigenvalue weighted by Gasteiger charge is -2.26. The Kier molecular flexibility index (Phi) is 5.38. The normalized spacial score (nSPS) is 24.5. The van der Waals surface area contributed by atoms with Crippen LogP contribution in [-0.2, 0) is 17.5 Å². The average Bonchev–Trinajstić information content (AvgIpc) is 3.30. The standard InChI is InChI=1S/C23H25F3N2O/c1-27(15-16-9-11-18(12-10-16)23(24,25)26)22(29)19-14-21(17-6-3-2-4-7-17)28-13-5-8-20(19)28/h2-4,6-7,9-12,19-21H,5,8,13-15H2,1H3/t19-,20+,21-/m0/s1. The van der Waals surface area contributed by atoms with Crippen LogP contribution in [0.15, 0.2) is 54.6 Å². The molecule has 29 heavy (non-hydrogen) atoms. The number of benzene rings is 2. The van der Waals surface area contributed by atoms with Gasteiger partial charge in [0.15, 0.2) is 0 Å². The SMILES string of the molecule is CN(Cc1ccc(C(F)(F)F)cc1)C(=O)[C@H]1C[C@@H](c2ccccc2)N2CCC[C@H]12. The number of rotatable bonds is 4. The van der Waals surface area contributed by atoms with Crippen LogP contribution in [0.2, 0.25) is 0 Å². The highest BCUT2D eigenvalue weighted by Crippen LogP contribution is 2.45. The third-order valence-electron chi connectivity index (χ3n) is 6.26. The van der Waals surface area contributed by atoms with E-state index in [0.29, 0.717) is 12.1 Å². The second kappa shape index (κ2) is 7.82. The molecule has 0 aromatic heterocycles. The van der Waals surface area contributed by atoms with Crippen molar-refractivity contribution in [1.82, 2.24) is 9.80 Å². The molecule has 2 fully saturated rings. The molecule has 0 spiro atoms. The highest BCUT2D eigenvalue weighted by molar-refractivity contribution is 5.80. The van der Waals surface area contributed by atoms with Crippen LogP contribution in [0.4, 0.5) is 13.2 Å². The minimum atomic E-state index is -4.34. The summed E-state index contributed by atoms with van der Waals surface area (Å²) in [6.45, 7) is 1.33. The number of fused-ring (bicyclic) bond motifs is 1. The molecule has 0 N–H and O–H groups in total. The van der Waals surface area contributed by atoms with Gasteiger partial charge in [-0.25, -0.2) is 0 Å². The van der Waals surface area contributed by atoms with Crippen molar-refractivity contribution in [3.63, 3.8) is 0 Å². The summed E-state index contributed by atoms with van der Waals surface area (Å²) in [7, 11) is 1.75. The van der Waals surface area contributed by atoms with Crippen LogP contribution in [-0.4, -0.2) is 35.3 Å². The number of hydrogen-bond donors (Lipinski definition) is 0. The fourth-order valence-electron chi connectivity index (χ4n) is 4.87. The van der Waals surface area contributed by atoms with Crippen LogP contribution in [0.3, 0.4) is 0 Å². The van der Waals surface area contributed by atoms with Gasteiger partial charge in [0.2, 0.25) is 5.91 Å². The van der Waals surface area contributed by atoms with E-state index in [-0.39, 0.29) is 23.9 Å². The molecule has 2 aliphatic heterocycles. The van der Waals surface area contributed by atoms with Crippen molar-refractivity contribution >= 4 is 5.91 Å². The number of amides is 1. The highest BCUT2D eigenvalue weighted by Gasteiger charge is 2.47. The van der Waals surface area contributed by atoms with Crippen LogP contribution < -0.4 is 0 Å². The van der Waals surface area contributed by atoms with Gasteiger partial charge in [-0.2, -0.15) is 13.2 Å². The van der Waals surface area contributed by atoms with E-state index in [2.05, 4.69) is 17.0 Å². The van der Waals surface area contributed by atoms with E-state index in [0.717, 1.165) is 37.9 Å². The van der Waals surface area contributed by atoms with Crippen molar-refractivity contribution in [3.8, 4) is 0 Å². The van der Waals surface area contributed by atoms with E-state index in [1.807, 2.05) is 18.2 Å². The molecule has 4 rings (SSSR count). The van der Waals surface area contributed by atoms with Gasteiger partial charge in [0.1, 0.15) is 0 Å². The molecule has 2 aliphatic rings. The second-order valence-electron chi connectivity index (χ2n) is 8.11. The summed E-state index contributed by atoms with van der Waals surface area (Å²) in [5.74, 6) is 0.0161. The van der Waals surface area contributed by atoms with E-state index in [4.69, 9.17) is 0 Å². The number of carbonyl (C=O) groups excluding carboxylic acids is 1. The summed E-state index contributed by atoms with van der Waals surface area (Å²) in [6, 6.07) is 15.9. The Bertz CT molecular complexity index is 851. The van der Waals surface area contributed by atoms with Gasteiger partial charge < -0.3 is 4.90 Å². The highest BCUT2D eigenvalue weighted by atomic mass is 19.4. The van der Waals surface area contributed by atoms with Gasteiger partial charge in [-0.1, -0.05) is 42.5 Å². The van der Waals surface area contributed by atoms with Gasteiger partial charge >= 0.3 is 6.18 Å². The van der Waals surface area contributed by atoms with Crippen molar-refractivity contribution in [2.45, 2.75) is 44.1 Å². The molecule has 1 amide bonds. The molecule has 0 aliphatic carbocycles. The maximum atomic E-state index is 13.2. The van der Waals surface area contributed by atoms with Crippen LogP contribution in [0.5, 0.6) is 0 Å². The van der Waals surface area contributed by atoms with Crippen molar-refractivity contribution in [3.05, 3.63) is 71.3 Å². The Labute approximate surface area is 169 Å². The molecule has 3 atom stereocenters. The van der Waals surface area contributed by atoms with E-state index < -0.39 is 11.7 Å². The molecule has 2 aromatic carbocycles. The smallest absolute Gasteiger partial charge is 0.341 e. The first kappa shape index (κ1) is 20.0. The van der Waals surface area contributed by atoms with E-state index in [9.17, 15) is 18.0 Å².